The number of nitrogens with zero attached hydrogens (tertiary/aromatic N) is 2. The van der Waals surface area contributed by atoms with Crippen LogP contribution in [0.25, 0.3) is 0 Å². The van der Waals surface area contributed by atoms with Gasteiger partial charge in [0.1, 0.15) is 0 Å². The van der Waals surface area contributed by atoms with Gasteiger partial charge in [-0.05, 0) is 5.56 Å². The smallest absolute Gasteiger partial charge is 0.215 e. The fourth-order valence-corrected chi connectivity index (χ4v) is 2.91. The maximum Gasteiger partial charge on any atom is 0.215 e. The summed E-state index contributed by atoms with van der Waals surface area (Å²) in [4.78, 5) is 0. The summed E-state index contributed by atoms with van der Waals surface area (Å²) in [6, 6.07) is 9.05. The zero-order valence-corrected chi connectivity index (χ0v) is 11.7. The average Bonchev–Trinajstić information content (AvgIpc) is 2.75. The van der Waals surface area contributed by atoms with Crippen molar-refractivity contribution in [3.63, 3.8) is 0 Å². The first-order valence-electron chi connectivity index (χ1n) is 5.74. The molecule has 5 nitrogen and oxygen atoms in total. The number of sulfonamides is 1. The number of rotatable bonds is 6. The highest BCUT2D eigenvalue weighted by molar-refractivity contribution is 7.88. The summed E-state index contributed by atoms with van der Waals surface area (Å²) in [5, 5.41) is 4.50. The van der Waals surface area contributed by atoms with Crippen LogP contribution in [0.15, 0.2) is 42.7 Å². The average molecular weight is 300 g/mol. The molecule has 2 rings (SSSR count). The van der Waals surface area contributed by atoms with E-state index in [0.717, 1.165) is 5.56 Å². The zero-order chi connectivity index (χ0) is 13.7. The quantitative estimate of drug-likeness (QED) is 0.882. The van der Waals surface area contributed by atoms with E-state index in [0.29, 0.717) is 11.6 Å². The van der Waals surface area contributed by atoms with Crippen LogP contribution < -0.4 is 4.72 Å². The Morgan fingerprint density at radius 2 is 2.00 bits per heavy atom. The molecule has 0 atom stereocenters. The molecule has 0 saturated carbocycles. The van der Waals surface area contributed by atoms with Gasteiger partial charge in [0.15, 0.2) is 0 Å². The van der Waals surface area contributed by atoms with E-state index in [-0.39, 0.29) is 12.3 Å². The number of benzene rings is 1. The summed E-state index contributed by atoms with van der Waals surface area (Å²) < 4.78 is 27.8. The Labute approximate surface area is 117 Å². The van der Waals surface area contributed by atoms with E-state index < -0.39 is 10.0 Å². The van der Waals surface area contributed by atoms with Gasteiger partial charge in [0.25, 0.3) is 0 Å². The molecule has 0 aliphatic carbocycles. The van der Waals surface area contributed by atoms with Crippen molar-refractivity contribution in [2.45, 2.75) is 12.3 Å². The Bertz CT molecular complexity index is 625. The van der Waals surface area contributed by atoms with Crippen LogP contribution in [0.4, 0.5) is 0 Å². The molecule has 1 aromatic carbocycles. The third-order valence-electron chi connectivity index (χ3n) is 2.46. The molecule has 19 heavy (non-hydrogen) atoms. The molecule has 1 heterocycles. The maximum absolute atomic E-state index is 11.8. The Kier molecular flexibility index (Phi) is 4.57. The first-order valence-corrected chi connectivity index (χ1v) is 7.77. The lowest BCUT2D eigenvalue weighted by molar-refractivity contribution is 0.560. The Morgan fingerprint density at radius 3 is 2.63 bits per heavy atom. The van der Waals surface area contributed by atoms with Crippen molar-refractivity contribution in [1.82, 2.24) is 14.5 Å². The van der Waals surface area contributed by atoms with Crippen molar-refractivity contribution in [2.75, 3.05) is 6.54 Å². The Morgan fingerprint density at radius 1 is 1.26 bits per heavy atom. The highest BCUT2D eigenvalue weighted by Gasteiger charge is 2.10. The molecule has 7 heteroatoms. The molecule has 1 N–H and O–H groups in total. The standard InChI is InChI=1S/C12H14ClN3O2S/c13-12-8-14-16(9-12)7-6-15-19(17,18)10-11-4-2-1-3-5-11/h1-5,8-9,15H,6-7,10H2. The lowest BCUT2D eigenvalue weighted by Crippen LogP contribution is -2.28. The van der Waals surface area contributed by atoms with E-state index in [1.54, 1.807) is 23.0 Å². The number of aromatic nitrogens is 2. The van der Waals surface area contributed by atoms with E-state index in [1.165, 1.54) is 6.20 Å². The lowest BCUT2D eigenvalue weighted by Gasteiger charge is -2.06. The molecule has 0 aliphatic rings. The van der Waals surface area contributed by atoms with Crippen molar-refractivity contribution in [3.8, 4) is 0 Å². The zero-order valence-electron chi connectivity index (χ0n) is 10.2. The molecule has 0 spiro atoms. The van der Waals surface area contributed by atoms with Gasteiger partial charge in [0.05, 0.1) is 23.5 Å². The van der Waals surface area contributed by atoms with Gasteiger partial charge in [-0.3, -0.25) is 4.68 Å². The Hall–Kier alpha value is -1.37. The topological polar surface area (TPSA) is 64.0 Å². The summed E-state index contributed by atoms with van der Waals surface area (Å²) in [5.41, 5.74) is 0.761. The van der Waals surface area contributed by atoms with Crippen LogP contribution in [0.2, 0.25) is 5.02 Å². The van der Waals surface area contributed by atoms with Crippen LogP contribution >= 0.6 is 11.6 Å². The van der Waals surface area contributed by atoms with Gasteiger partial charge in [-0.25, -0.2) is 13.1 Å². The van der Waals surface area contributed by atoms with Crippen molar-refractivity contribution in [2.24, 2.45) is 0 Å². The molecule has 102 valence electrons. The van der Waals surface area contributed by atoms with E-state index in [4.69, 9.17) is 11.6 Å². The van der Waals surface area contributed by atoms with Crippen molar-refractivity contribution in [1.29, 1.82) is 0 Å². The highest BCUT2D eigenvalue weighted by Crippen LogP contribution is 2.05. The first-order chi connectivity index (χ1) is 9.05. The van der Waals surface area contributed by atoms with Gasteiger partial charge >= 0.3 is 0 Å². The van der Waals surface area contributed by atoms with Gasteiger partial charge in [-0.15, -0.1) is 0 Å². The first kappa shape index (κ1) is 14.0. The molecule has 0 bridgehead atoms. The molecular formula is C12H14ClN3O2S. The predicted molar refractivity (Wildman–Crippen MR) is 74.3 cm³/mol. The van der Waals surface area contributed by atoms with Crippen molar-refractivity contribution < 1.29 is 8.42 Å². The van der Waals surface area contributed by atoms with Crippen LogP contribution in [0.3, 0.4) is 0 Å². The molecule has 0 unspecified atom stereocenters. The minimum absolute atomic E-state index is 0.0201. The van der Waals surface area contributed by atoms with Crippen LogP contribution in [0.5, 0.6) is 0 Å². The van der Waals surface area contributed by atoms with Crippen LogP contribution in [0, 0.1) is 0 Å². The molecule has 0 saturated heterocycles. The third-order valence-corrected chi connectivity index (χ3v) is 4.02. The minimum Gasteiger partial charge on any atom is -0.270 e. The van der Waals surface area contributed by atoms with Crippen molar-refractivity contribution >= 4 is 21.6 Å². The summed E-state index contributed by atoms with van der Waals surface area (Å²) in [6.07, 6.45) is 3.16. The van der Waals surface area contributed by atoms with E-state index in [9.17, 15) is 8.42 Å². The number of hydrogen-bond acceptors (Lipinski definition) is 3. The van der Waals surface area contributed by atoms with Gasteiger partial charge in [0.2, 0.25) is 10.0 Å². The molecule has 0 aliphatic heterocycles. The number of nitrogens with one attached hydrogen (secondary N) is 1. The SMILES string of the molecule is O=S(=O)(Cc1ccccc1)NCCn1cc(Cl)cn1. The molecule has 0 amide bonds. The molecule has 2 aromatic rings. The molecule has 1 aromatic heterocycles. The third kappa shape index (κ3) is 4.66. The van der Waals surface area contributed by atoms with Crippen LogP contribution in [-0.2, 0) is 22.3 Å². The van der Waals surface area contributed by atoms with E-state index >= 15 is 0 Å². The number of hydrogen-bond donors (Lipinski definition) is 1. The van der Waals surface area contributed by atoms with Gasteiger partial charge in [0, 0.05) is 12.7 Å². The second-order valence-corrected chi connectivity index (χ2v) is 6.30. The van der Waals surface area contributed by atoms with Crippen molar-refractivity contribution in [3.05, 3.63) is 53.3 Å². The normalized spacial score (nSPS) is 11.6. The van der Waals surface area contributed by atoms with Gasteiger partial charge < -0.3 is 0 Å². The fraction of sp³-hybridized carbons (Fsp3) is 0.250. The lowest BCUT2D eigenvalue weighted by atomic mass is 10.2. The second-order valence-electron chi connectivity index (χ2n) is 4.06. The largest absolute Gasteiger partial charge is 0.270 e. The minimum atomic E-state index is -3.32. The predicted octanol–water partition coefficient (Wildman–Crippen LogP) is 1.66. The highest BCUT2D eigenvalue weighted by atomic mass is 35.5. The second kappa shape index (κ2) is 6.18. The fourth-order valence-electron chi connectivity index (χ4n) is 1.62. The number of halogens is 1. The van der Waals surface area contributed by atoms with Crippen LogP contribution in [0.1, 0.15) is 5.56 Å². The summed E-state index contributed by atoms with van der Waals surface area (Å²) in [6.45, 7) is 0.730. The van der Waals surface area contributed by atoms with Gasteiger partial charge in [-0.2, -0.15) is 5.10 Å². The van der Waals surface area contributed by atoms with E-state index in [1.807, 2.05) is 18.2 Å². The summed E-state index contributed by atoms with van der Waals surface area (Å²) in [7, 11) is -3.32. The van der Waals surface area contributed by atoms with Gasteiger partial charge in [-0.1, -0.05) is 41.9 Å². The summed E-state index contributed by atoms with van der Waals surface area (Å²) >= 11 is 5.71. The summed E-state index contributed by atoms with van der Waals surface area (Å²) in [5.74, 6) is -0.0201. The Balaban J connectivity index is 1.84. The molecule has 0 radical (unpaired) electrons. The monoisotopic (exact) mass is 299 g/mol. The molecule has 0 fully saturated rings. The maximum atomic E-state index is 11.8. The van der Waals surface area contributed by atoms with Crippen LogP contribution in [-0.4, -0.2) is 24.7 Å². The van der Waals surface area contributed by atoms with E-state index in [2.05, 4.69) is 9.82 Å². The molecular weight excluding hydrogens is 286 g/mol.